The van der Waals surface area contributed by atoms with Crippen LogP contribution in [0, 0.1) is 0 Å². The molecule has 0 aromatic carbocycles. The first-order valence-electron chi connectivity index (χ1n) is 4.04. The fourth-order valence-corrected chi connectivity index (χ4v) is 0.824. The van der Waals surface area contributed by atoms with Gasteiger partial charge in [-0.15, -0.1) is 0 Å². The molecule has 0 heterocycles. The van der Waals surface area contributed by atoms with Gasteiger partial charge in [-0.05, 0) is 18.9 Å². The molecule has 0 saturated carbocycles. The van der Waals surface area contributed by atoms with E-state index in [1.165, 1.54) is 5.57 Å². The number of hydrogen-bond donors (Lipinski definition) is 1. The summed E-state index contributed by atoms with van der Waals surface area (Å²) in [6, 6.07) is 0. The van der Waals surface area contributed by atoms with Crippen molar-refractivity contribution in [2.75, 3.05) is 6.54 Å². The minimum atomic E-state index is 0.610. The van der Waals surface area contributed by atoms with Crippen molar-refractivity contribution in [2.24, 2.45) is 5.73 Å². The summed E-state index contributed by atoms with van der Waals surface area (Å²) in [5, 5.41) is 0. The molecular weight excluding hydrogens is 134 g/mol. The van der Waals surface area contributed by atoms with E-state index in [-0.39, 0.29) is 0 Å². The number of hydrogen-bond acceptors (Lipinski definition) is 1. The van der Waals surface area contributed by atoms with Crippen LogP contribution < -0.4 is 5.73 Å². The lowest BCUT2D eigenvalue weighted by Gasteiger charge is -1.91. The lowest BCUT2D eigenvalue weighted by Crippen LogP contribution is -1.92. The molecule has 0 fully saturated rings. The lowest BCUT2D eigenvalue weighted by atomic mass is 10.2. The van der Waals surface area contributed by atoms with Crippen LogP contribution in [-0.2, 0) is 0 Å². The van der Waals surface area contributed by atoms with Crippen molar-refractivity contribution in [2.45, 2.75) is 20.3 Å². The second-order valence-electron chi connectivity index (χ2n) is 2.25. The van der Waals surface area contributed by atoms with Gasteiger partial charge in [0, 0.05) is 6.54 Å². The van der Waals surface area contributed by atoms with Gasteiger partial charge in [-0.2, -0.15) is 0 Å². The van der Waals surface area contributed by atoms with Gasteiger partial charge in [-0.3, -0.25) is 0 Å². The van der Waals surface area contributed by atoms with E-state index in [9.17, 15) is 0 Å². The molecule has 0 aromatic heterocycles. The highest BCUT2D eigenvalue weighted by molar-refractivity contribution is 5.30. The van der Waals surface area contributed by atoms with Gasteiger partial charge in [0.15, 0.2) is 0 Å². The van der Waals surface area contributed by atoms with Crippen LogP contribution in [-0.4, -0.2) is 6.54 Å². The Labute approximate surface area is 69.3 Å². The van der Waals surface area contributed by atoms with Crippen LogP contribution in [0.1, 0.15) is 20.3 Å². The highest BCUT2D eigenvalue weighted by Crippen LogP contribution is 2.00. The van der Waals surface area contributed by atoms with Crippen molar-refractivity contribution in [3.05, 3.63) is 36.0 Å². The predicted octanol–water partition coefficient (Wildman–Crippen LogP) is 2.41. The summed E-state index contributed by atoms with van der Waals surface area (Å²) in [6.07, 6.45) is 11.4. The SMILES string of the molecule is C\C=C/C(/C=C\CN)=C\CC. The molecular formula is C10H17N. The fraction of sp³-hybridized carbons (Fsp3) is 0.400. The van der Waals surface area contributed by atoms with E-state index in [0.717, 1.165) is 6.42 Å². The molecule has 1 nitrogen and oxygen atoms in total. The van der Waals surface area contributed by atoms with Crippen LogP contribution in [0.4, 0.5) is 0 Å². The Balaban J connectivity index is 4.11. The molecule has 62 valence electrons. The summed E-state index contributed by atoms with van der Waals surface area (Å²) in [4.78, 5) is 0. The van der Waals surface area contributed by atoms with Crippen LogP contribution in [0.15, 0.2) is 36.0 Å². The van der Waals surface area contributed by atoms with E-state index in [4.69, 9.17) is 5.73 Å². The van der Waals surface area contributed by atoms with Crippen molar-refractivity contribution in [3.63, 3.8) is 0 Å². The highest BCUT2D eigenvalue weighted by atomic mass is 14.5. The molecule has 0 spiro atoms. The zero-order valence-electron chi connectivity index (χ0n) is 7.38. The topological polar surface area (TPSA) is 26.0 Å². The normalized spacial score (nSPS) is 13.5. The molecule has 11 heavy (non-hydrogen) atoms. The van der Waals surface area contributed by atoms with Crippen LogP contribution in [0.25, 0.3) is 0 Å². The first-order valence-corrected chi connectivity index (χ1v) is 4.04. The Morgan fingerprint density at radius 3 is 2.55 bits per heavy atom. The minimum absolute atomic E-state index is 0.610. The standard InChI is InChI=1S/C10H17N/c1-3-6-10(7-4-2)8-5-9-11/h3,5-8H,4,9,11H2,1-2H3/b6-3-,8-5-,10-7+. The Morgan fingerprint density at radius 2 is 2.09 bits per heavy atom. The summed E-state index contributed by atoms with van der Waals surface area (Å²) in [6.45, 7) is 4.75. The average Bonchev–Trinajstić information content (AvgIpc) is 2.01. The molecule has 1 heteroatoms. The maximum Gasteiger partial charge on any atom is 0.0110 e. The van der Waals surface area contributed by atoms with Crippen LogP contribution in [0.5, 0.6) is 0 Å². The Hall–Kier alpha value is -0.820. The van der Waals surface area contributed by atoms with Crippen molar-refractivity contribution in [3.8, 4) is 0 Å². The molecule has 0 unspecified atom stereocenters. The largest absolute Gasteiger partial charge is 0.327 e. The van der Waals surface area contributed by atoms with Gasteiger partial charge in [0.25, 0.3) is 0 Å². The molecule has 0 bridgehead atoms. The third-order valence-electron chi connectivity index (χ3n) is 1.25. The van der Waals surface area contributed by atoms with Gasteiger partial charge >= 0.3 is 0 Å². The van der Waals surface area contributed by atoms with Gasteiger partial charge in [-0.1, -0.05) is 37.3 Å². The van der Waals surface area contributed by atoms with Gasteiger partial charge < -0.3 is 5.73 Å². The van der Waals surface area contributed by atoms with E-state index in [1.807, 2.05) is 25.2 Å². The van der Waals surface area contributed by atoms with Crippen LogP contribution in [0.2, 0.25) is 0 Å². The van der Waals surface area contributed by atoms with Gasteiger partial charge in [0.1, 0.15) is 0 Å². The van der Waals surface area contributed by atoms with Crippen molar-refractivity contribution in [1.82, 2.24) is 0 Å². The predicted molar refractivity (Wildman–Crippen MR) is 51.4 cm³/mol. The molecule has 0 aliphatic carbocycles. The molecule has 0 atom stereocenters. The van der Waals surface area contributed by atoms with Crippen molar-refractivity contribution < 1.29 is 0 Å². The molecule has 0 radical (unpaired) electrons. The van der Waals surface area contributed by atoms with E-state index in [2.05, 4.69) is 19.1 Å². The molecule has 2 N–H and O–H groups in total. The first-order chi connectivity index (χ1) is 5.35. The average molecular weight is 151 g/mol. The maximum absolute atomic E-state index is 5.33. The zero-order valence-corrected chi connectivity index (χ0v) is 7.38. The van der Waals surface area contributed by atoms with E-state index < -0.39 is 0 Å². The fourth-order valence-electron chi connectivity index (χ4n) is 0.824. The number of allylic oxidation sites excluding steroid dienone is 5. The minimum Gasteiger partial charge on any atom is -0.327 e. The van der Waals surface area contributed by atoms with E-state index in [1.54, 1.807) is 0 Å². The maximum atomic E-state index is 5.33. The van der Waals surface area contributed by atoms with Gasteiger partial charge in [0.05, 0.1) is 0 Å². The molecule has 0 aromatic rings. The third-order valence-corrected chi connectivity index (χ3v) is 1.25. The monoisotopic (exact) mass is 151 g/mol. The number of nitrogens with two attached hydrogens (primary N) is 1. The summed E-state index contributed by atoms with van der Waals surface area (Å²) < 4.78 is 0. The Morgan fingerprint density at radius 1 is 1.36 bits per heavy atom. The molecule has 0 aliphatic heterocycles. The van der Waals surface area contributed by atoms with Gasteiger partial charge in [0.2, 0.25) is 0 Å². The van der Waals surface area contributed by atoms with Crippen molar-refractivity contribution >= 4 is 0 Å². The lowest BCUT2D eigenvalue weighted by molar-refractivity contribution is 1.20. The van der Waals surface area contributed by atoms with E-state index >= 15 is 0 Å². The summed E-state index contributed by atoms with van der Waals surface area (Å²) in [5.41, 5.74) is 6.57. The van der Waals surface area contributed by atoms with Gasteiger partial charge in [-0.25, -0.2) is 0 Å². The molecule has 0 saturated heterocycles. The smallest absolute Gasteiger partial charge is 0.0110 e. The second-order valence-corrected chi connectivity index (χ2v) is 2.25. The third kappa shape index (κ3) is 5.62. The van der Waals surface area contributed by atoms with Crippen molar-refractivity contribution in [1.29, 1.82) is 0 Å². The summed E-state index contributed by atoms with van der Waals surface area (Å²) in [5.74, 6) is 0. The summed E-state index contributed by atoms with van der Waals surface area (Å²) in [7, 11) is 0. The van der Waals surface area contributed by atoms with Crippen LogP contribution in [0.3, 0.4) is 0 Å². The zero-order chi connectivity index (χ0) is 8.53. The molecule has 0 amide bonds. The Kier molecular flexibility index (Phi) is 6.75. The van der Waals surface area contributed by atoms with Crippen LogP contribution >= 0.6 is 0 Å². The second kappa shape index (κ2) is 7.29. The Bertz CT molecular complexity index is 164. The first kappa shape index (κ1) is 10.2. The quantitative estimate of drug-likeness (QED) is 0.613. The molecule has 0 aliphatic rings. The van der Waals surface area contributed by atoms with E-state index in [0.29, 0.717) is 6.54 Å². The highest BCUT2D eigenvalue weighted by Gasteiger charge is 1.81. The number of rotatable bonds is 4. The summed E-state index contributed by atoms with van der Waals surface area (Å²) >= 11 is 0. The molecule has 0 rings (SSSR count).